The molecule has 0 saturated heterocycles. The largest absolute Gasteiger partial charge is 0.491 e. The van der Waals surface area contributed by atoms with Crippen LogP contribution in [0, 0.1) is 0 Å². The van der Waals surface area contributed by atoms with Crippen LogP contribution in [0.5, 0.6) is 5.75 Å². The van der Waals surface area contributed by atoms with E-state index in [0.29, 0.717) is 0 Å². The number of benzene rings is 1. The fourth-order valence-electron chi connectivity index (χ4n) is 1.30. The molecule has 0 N–H and O–H groups in total. The lowest BCUT2D eigenvalue weighted by molar-refractivity contribution is 0.135. The topological polar surface area (TPSA) is 18.5 Å². The van der Waals surface area contributed by atoms with Crippen molar-refractivity contribution < 1.29 is 9.47 Å². The molecule has 0 amide bonds. The van der Waals surface area contributed by atoms with Gasteiger partial charge in [0.05, 0.1) is 6.10 Å². The van der Waals surface area contributed by atoms with Crippen LogP contribution in [0.25, 0.3) is 0 Å². The second kappa shape index (κ2) is 7.30. The summed E-state index contributed by atoms with van der Waals surface area (Å²) in [6, 6.07) is 6.02. The Labute approximate surface area is 114 Å². The molecule has 0 aromatic heterocycles. The van der Waals surface area contributed by atoms with Crippen molar-refractivity contribution in [3.05, 3.63) is 28.2 Å². The number of rotatable bonds is 6. The molecule has 0 fully saturated rings. The Morgan fingerprint density at radius 1 is 1.38 bits per heavy atom. The summed E-state index contributed by atoms with van der Waals surface area (Å²) in [7, 11) is 1.70. The maximum absolute atomic E-state index is 5.79. The minimum Gasteiger partial charge on any atom is -0.491 e. The van der Waals surface area contributed by atoms with Gasteiger partial charge < -0.3 is 9.47 Å². The van der Waals surface area contributed by atoms with Crippen molar-refractivity contribution in [2.75, 3.05) is 13.7 Å². The predicted octanol–water partition coefficient (Wildman–Crippen LogP) is 4.15. The average Bonchev–Trinajstić information content (AvgIpc) is 2.29. The third kappa shape index (κ3) is 4.44. The molecular weight excluding hydrogens is 336 g/mol. The Kier molecular flexibility index (Phi) is 6.39. The normalized spacial score (nSPS) is 12.5. The van der Waals surface area contributed by atoms with E-state index in [-0.39, 0.29) is 6.10 Å². The highest BCUT2D eigenvalue weighted by atomic mass is 79.9. The first-order chi connectivity index (χ1) is 7.67. The maximum Gasteiger partial charge on any atom is 0.120 e. The Bertz CT molecular complexity index is 329. The second-order valence-corrected chi connectivity index (χ2v) is 5.01. The first-order valence-electron chi connectivity index (χ1n) is 5.17. The van der Waals surface area contributed by atoms with Gasteiger partial charge in [0, 0.05) is 29.9 Å². The van der Waals surface area contributed by atoms with Gasteiger partial charge in [-0.3, -0.25) is 0 Å². The van der Waals surface area contributed by atoms with Crippen molar-refractivity contribution in [2.45, 2.75) is 24.8 Å². The lowest BCUT2D eigenvalue weighted by Gasteiger charge is -2.15. The Balaban J connectivity index is 2.59. The van der Waals surface area contributed by atoms with Gasteiger partial charge in [-0.2, -0.15) is 0 Å². The molecule has 1 unspecified atom stereocenters. The summed E-state index contributed by atoms with van der Waals surface area (Å²) in [5.74, 6) is 0.904. The van der Waals surface area contributed by atoms with Crippen LogP contribution < -0.4 is 4.74 Å². The summed E-state index contributed by atoms with van der Waals surface area (Å²) in [5.41, 5.74) is 1.19. The minimum atomic E-state index is 0.171. The van der Waals surface area contributed by atoms with Gasteiger partial charge in [-0.15, -0.1) is 0 Å². The van der Waals surface area contributed by atoms with E-state index < -0.39 is 0 Å². The molecule has 1 aromatic carbocycles. The lowest BCUT2D eigenvalue weighted by Crippen LogP contribution is -2.14. The van der Waals surface area contributed by atoms with Gasteiger partial charge in [-0.05, 0) is 30.7 Å². The molecule has 1 aromatic rings. The number of hydrogen-bond donors (Lipinski definition) is 0. The van der Waals surface area contributed by atoms with E-state index in [4.69, 9.17) is 9.47 Å². The number of hydrogen-bond acceptors (Lipinski definition) is 2. The van der Waals surface area contributed by atoms with Crippen LogP contribution >= 0.6 is 31.9 Å². The highest BCUT2D eigenvalue weighted by Gasteiger charge is 2.06. The van der Waals surface area contributed by atoms with E-state index in [9.17, 15) is 0 Å². The first kappa shape index (κ1) is 14.0. The third-order valence-electron chi connectivity index (χ3n) is 2.23. The number of alkyl halides is 1. The smallest absolute Gasteiger partial charge is 0.120 e. The highest BCUT2D eigenvalue weighted by Crippen LogP contribution is 2.25. The average molecular weight is 352 g/mol. The molecule has 0 spiro atoms. The van der Waals surface area contributed by atoms with Gasteiger partial charge in [0.2, 0.25) is 0 Å². The predicted molar refractivity (Wildman–Crippen MR) is 73.4 cm³/mol. The van der Waals surface area contributed by atoms with Crippen LogP contribution in [-0.2, 0) is 10.1 Å². The molecule has 90 valence electrons. The minimum absolute atomic E-state index is 0.171. The summed E-state index contributed by atoms with van der Waals surface area (Å²) in [5, 5.41) is 0.817. The zero-order chi connectivity index (χ0) is 12.0. The van der Waals surface area contributed by atoms with Crippen LogP contribution in [0.2, 0.25) is 0 Å². The van der Waals surface area contributed by atoms with Crippen molar-refractivity contribution in [3.8, 4) is 5.75 Å². The van der Waals surface area contributed by atoms with Crippen LogP contribution in [0.1, 0.15) is 18.9 Å². The van der Waals surface area contributed by atoms with Crippen LogP contribution in [-0.4, -0.2) is 19.8 Å². The maximum atomic E-state index is 5.79. The molecule has 0 aliphatic rings. The monoisotopic (exact) mass is 350 g/mol. The van der Waals surface area contributed by atoms with Crippen LogP contribution in [0.4, 0.5) is 0 Å². The molecular formula is C12H16Br2O2. The molecule has 0 radical (unpaired) electrons. The summed E-state index contributed by atoms with van der Waals surface area (Å²) < 4.78 is 11.9. The number of methoxy groups -OCH3 is 1. The van der Waals surface area contributed by atoms with Crippen molar-refractivity contribution in [3.63, 3.8) is 0 Å². The zero-order valence-corrected chi connectivity index (χ0v) is 12.7. The molecule has 0 saturated carbocycles. The Morgan fingerprint density at radius 3 is 2.75 bits per heavy atom. The van der Waals surface area contributed by atoms with Crippen LogP contribution in [0.15, 0.2) is 22.7 Å². The Hall–Kier alpha value is -0.0600. The van der Waals surface area contributed by atoms with E-state index in [0.717, 1.165) is 28.6 Å². The fourth-order valence-corrected chi connectivity index (χ4v) is 2.53. The van der Waals surface area contributed by atoms with Crippen LogP contribution in [0.3, 0.4) is 0 Å². The van der Waals surface area contributed by atoms with Crippen molar-refractivity contribution in [1.29, 1.82) is 0 Å². The third-order valence-corrected chi connectivity index (χ3v) is 3.60. The van der Waals surface area contributed by atoms with E-state index in [2.05, 4.69) is 38.8 Å². The molecule has 0 bridgehead atoms. The molecule has 1 rings (SSSR count). The molecule has 4 heteroatoms. The summed E-state index contributed by atoms with van der Waals surface area (Å²) >= 11 is 6.94. The zero-order valence-electron chi connectivity index (χ0n) is 9.50. The highest BCUT2D eigenvalue weighted by molar-refractivity contribution is 9.10. The van der Waals surface area contributed by atoms with Gasteiger partial charge in [0.15, 0.2) is 0 Å². The number of ether oxygens (including phenoxy) is 2. The molecule has 2 nitrogen and oxygen atoms in total. The van der Waals surface area contributed by atoms with Gasteiger partial charge in [-0.1, -0.05) is 31.9 Å². The quantitative estimate of drug-likeness (QED) is 0.717. The lowest BCUT2D eigenvalue weighted by atomic mass is 10.2. The SMILES string of the molecule is COCCC(C)Oc1ccc(Br)c(CBr)c1. The molecule has 16 heavy (non-hydrogen) atoms. The summed E-state index contributed by atoms with van der Waals surface area (Å²) in [4.78, 5) is 0. The summed E-state index contributed by atoms with van der Waals surface area (Å²) in [6.07, 6.45) is 1.07. The van der Waals surface area contributed by atoms with Gasteiger partial charge >= 0.3 is 0 Å². The number of halogens is 2. The molecule has 0 aliphatic carbocycles. The molecule has 0 aliphatic heterocycles. The van der Waals surface area contributed by atoms with E-state index >= 15 is 0 Å². The van der Waals surface area contributed by atoms with E-state index in [1.54, 1.807) is 7.11 Å². The van der Waals surface area contributed by atoms with Crippen molar-refractivity contribution in [2.24, 2.45) is 0 Å². The second-order valence-electron chi connectivity index (χ2n) is 3.60. The summed E-state index contributed by atoms with van der Waals surface area (Å²) in [6.45, 7) is 2.78. The molecule has 1 atom stereocenters. The van der Waals surface area contributed by atoms with E-state index in [1.807, 2.05) is 18.2 Å². The first-order valence-corrected chi connectivity index (χ1v) is 7.08. The fraction of sp³-hybridized carbons (Fsp3) is 0.500. The van der Waals surface area contributed by atoms with Gasteiger partial charge in [0.25, 0.3) is 0 Å². The van der Waals surface area contributed by atoms with E-state index in [1.165, 1.54) is 5.56 Å². The van der Waals surface area contributed by atoms with Crippen molar-refractivity contribution >= 4 is 31.9 Å². The van der Waals surface area contributed by atoms with Gasteiger partial charge in [0.1, 0.15) is 5.75 Å². The van der Waals surface area contributed by atoms with Gasteiger partial charge in [-0.25, -0.2) is 0 Å². The Morgan fingerprint density at radius 2 is 2.12 bits per heavy atom. The molecule has 0 heterocycles. The van der Waals surface area contributed by atoms with Crippen molar-refractivity contribution in [1.82, 2.24) is 0 Å². The standard InChI is InChI=1S/C12H16Br2O2/c1-9(5-6-15-2)16-11-3-4-12(14)10(7-11)8-13/h3-4,7,9H,5-6,8H2,1-2H3.